The van der Waals surface area contributed by atoms with Crippen LogP contribution in [0.1, 0.15) is 12.5 Å². The van der Waals surface area contributed by atoms with Crippen LogP contribution in [-0.2, 0) is 42.2 Å². The molecule has 0 unspecified atom stereocenters. The van der Waals surface area contributed by atoms with Gasteiger partial charge in [-0.25, -0.2) is 4.79 Å². The van der Waals surface area contributed by atoms with Gasteiger partial charge in [-0.2, -0.15) is 0 Å². The average Bonchev–Trinajstić information content (AvgIpc) is 2.30. The molecule has 95 valence electrons. The molecule has 1 aromatic rings. The van der Waals surface area contributed by atoms with Gasteiger partial charge in [-0.3, -0.25) is 6.42 Å². The summed E-state index contributed by atoms with van der Waals surface area (Å²) < 4.78 is 10.3. The number of carbonyl (C=O) groups excluding carboxylic acids is 1. The molecule has 0 aromatic heterocycles. The van der Waals surface area contributed by atoms with Crippen molar-refractivity contribution in [1.29, 1.82) is 0 Å². The number of benzene rings is 1. The predicted molar refractivity (Wildman–Crippen MR) is 66.7 cm³/mol. The van der Waals surface area contributed by atoms with Crippen molar-refractivity contribution in [1.82, 2.24) is 0 Å². The van der Waals surface area contributed by atoms with E-state index in [4.69, 9.17) is 9.47 Å². The second-order valence-corrected chi connectivity index (χ2v) is 3.79. The summed E-state index contributed by atoms with van der Waals surface area (Å²) in [4.78, 5) is 11.0. The van der Waals surface area contributed by atoms with Gasteiger partial charge in [-0.1, -0.05) is 24.3 Å². The van der Waals surface area contributed by atoms with Crippen LogP contribution in [0.3, 0.4) is 0 Å². The molecule has 1 radical (unpaired) electrons. The van der Waals surface area contributed by atoms with E-state index in [1.54, 1.807) is 13.3 Å². The molecule has 0 bridgehead atoms. The monoisotopic (exact) mass is 322 g/mol. The molecule has 0 heterocycles. The fourth-order valence-electron chi connectivity index (χ4n) is 1.10. The Balaban J connectivity index is 0.00000289. The molecule has 0 fully saturated rings. The van der Waals surface area contributed by atoms with Crippen LogP contribution in [0.5, 0.6) is 5.75 Å². The summed E-state index contributed by atoms with van der Waals surface area (Å²) >= 11 is 0. The number of carbonyl (C=O) groups is 1. The van der Waals surface area contributed by atoms with E-state index < -0.39 is 0 Å². The van der Waals surface area contributed by atoms with Crippen molar-refractivity contribution < 1.29 is 47.0 Å². The Morgan fingerprint density at radius 1 is 1.28 bits per heavy atom. The topological polar surface area (TPSA) is 35.5 Å². The van der Waals surface area contributed by atoms with Gasteiger partial charge in [0, 0.05) is 38.3 Å². The first kappa shape index (κ1) is 17.3. The third-order valence-corrected chi connectivity index (χ3v) is 2.07. The fraction of sp³-hybridized carbons (Fsp3) is 0.286. The van der Waals surface area contributed by atoms with Crippen molar-refractivity contribution in [2.45, 2.75) is 13.8 Å². The summed E-state index contributed by atoms with van der Waals surface area (Å²) in [6, 6.07) is 7.78. The summed E-state index contributed by atoms with van der Waals surface area (Å²) in [7, 11) is 0. The van der Waals surface area contributed by atoms with Crippen LogP contribution in [0.15, 0.2) is 36.4 Å². The zero-order chi connectivity index (χ0) is 12.7. The summed E-state index contributed by atoms with van der Waals surface area (Å²) in [5.74, 6) is 0.426. The van der Waals surface area contributed by atoms with Crippen molar-refractivity contribution in [3.63, 3.8) is 0 Å². The molecule has 4 heteroatoms. The minimum Gasteiger partial charge on any atom is -0.525 e. The Labute approximate surface area is 133 Å². The van der Waals surface area contributed by atoms with Crippen molar-refractivity contribution in [3.8, 4) is 5.75 Å². The molecule has 0 amide bonds. The van der Waals surface area contributed by atoms with Gasteiger partial charge >= 0.3 is 5.97 Å². The Morgan fingerprint density at radius 3 is 2.44 bits per heavy atom. The molecular weight excluding hydrogens is 305 g/mol. The quantitative estimate of drug-likeness (QED) is 0.350. The van der Waals surface area contributed by atoms with Gasteiger partial charge in [0.05, 0.1) is 0 Å². The van der Waals surface area contributed by atoms with Crippen LogP contribution in [0.2, 0.25) is 0 Å². The molecule has 0 atom stereocenters. The molecule has 0 aliphatic rings. The first-order valence-corrected chi connectivity index (χ1v) is 5.43. The Morgan fingerprint density at radius 2 is 1.89 bits per heavy atom. The molecule has 0 spiro atoms. The van der Waals surface area contributed by atoms with E-state index in [1.165, 1.54) is 5.56 Å². The maximum atomic E-state index is 11.0. The molecule has 18 heavy (non-hydrogen) atoms. The smallest absolute Gasteiger partial charge is 0.330 e. The summed E-state index contributed by atoms with van der Waals surface area (Å²) in [5, 5.41) is 0. The Hall–Kier alpha value is -0.666. The number of esters is 1. The average molecular weight is 322 g/mol. The zero-order valence-corrected chi connectivity index (χ0v) is 13.6. The second-order valence-electron chi connectivity index (χ2n) is 3.79. The van der Waals surface area contributed by atoms with Crippen molar-refractivity contribution in [3.05, 3.63) is 48.4 Å². The summed E-state index contributed by atoms with van der Waals surface area (Å²) in [5.41, 5.74) is 1.59. The maximum Gasteiger partial charge on any atom is 0.330 e. The standard InChI is InChI=1S/C14H17O3.Y/c1-11(2)14(15)17-10-4-9-16-13-7-5-12(3)6-8-13;/h4-8H,1,9-10H2,2-3H3;/q-1;. The van der Waals surface area contributed by atoms with Gasteiger partial charge in [-0.15, -0.1) is 0 Å². The third-order valence-electron chi connectivity index (χ3n) is 2.07. The van der Waals surface area contributed by atoms with E-state index in [9.17, 15) is 4.79 Å². The molecule has 0 aliphatic heterocycles. The first-order valence-electron chi connectivity index (χ1n) is 5.43. The Kier molecular flexibility index (Phi) is 8.94. The van der Waals surface area contributed by atoms with Gasteiger partial charge in [0.1, 0.15) is 5.75 Å². The van der Waals surface area contributed by atoms with E-state index in [1.807, 2.05) is 31.2 Å². The van der Waals surface area contributed by atoms with E-state index in [2.05, 4.69) is 6.58 Å². The largest absolute Gasteiger partial charge is 0.525 e. The van der Waals surface area contributed by atoms with E-state index in [0.717, 1.165) is 5.75 Å². The SMILES string of the molecule is C=C(C)C(=O)OC[CH-]COc1ccc(C)cc1.[Y]. The molecule has 1 aromatic carbocycles. The van der Waals surface area contributed by atoms with Gasteiger partial charge in [-0.05, 0) is 39.2 Å². The Bertz CT molecular complexity index is 385. The first-order chi connectivity index (χ1) is 8.09. The second kappa shape index (κ2) is 9.29. The van der Waals surface area contributed by atoms with E-state index in [0.29, 0.717) is 12.2 Å². The number of hydrogen-bond acceptors (Lipinski definition) is 3. The van der Waals surface area contributed by atoms with Gasteiger partial charge in [0.15, 0.2) is 0 Å². The minimum absolute atomic E-state index is 0. The van der Waals surface area contributed by atoms with Crippen LogP contribution in [0, 0.1) is 13.3 Å². The number of aryl methyl sites for hydroxylation is 1. The van der Waals surface area contributed by atoms with Crippen molar-refractivity contribution >= 4 is 5.97 Å². The van der Waals surface area contributed by atoms with Crippen LogP contribution in [0.4, 0.5) is 0 Å². The van der Waals surface area contributed by atoms with Crippen LogP contribution in [-0.4, -0.2) is 19.2 Å². The van der Waals surface area contributed by atoms with Crippen LogP contribution >= 0.6 is 0 Å². The molecule has 1 rings (SSSR count). The number of hydrogen-bond donors (Lipinski definition) is 0. The molecule has 3 nitrogen and oxygen atoms in total. The molecule has 0 aliphatic carbocycles. The van der Waals surface area contributed by atoms with E-state index in [-0.39, 0.29) is 45.3 Å². The summed E-state index contributed by atoms with van der Waals surface area (Å²) in [6.07, 6.45) is 1.75. The normalized spacial score (nSPS) is 9.22. The number of ether oxygens (including phenoxy) is 2. The molecule has 0 saturated heterocycles. The van der Waals surface area contributed by atoms with E-state index >= 15 is 0 Å². The van der Waals surface area contributed by atoms with Gasteiger partial charge in [0.2, 0.25) is 0 Å². The molecular formula is C14H17O3Y-. The fourth-order valence-corrected chi connectivity index (χ4v) is 1.10. The predicted octanol–water partition coefficient (Wildman–Crippen LogP) is 2.69. The number of rotatable bonds is 6. The zero-order valence-electron chi connectivity index (χ0n) is 10.8. The molecule has 0 saturated carbocycles. The van der Waals surface area contributed by atoms with Crippen LogP contribution < -0.4 is 4.74 Å². The van der Waals surface area contributed by atoms with Crippen LogP contribution in [0.25, 0.3) is 0 Å². The maximum absolute atomic E-state index is 11.0. The van der Waals surface area contributed by atoms with Gasteiger partial charge in [0.25, 0.3) is 0 Å². The van der Waals surface area contributed by atoms with Crippen molar-refractivity contribution in [2.75, 3.05) is 13.2 Å². The minimum atomic E-state index is -0.378. The van der Waals surface area contributed by atoms with Crippen molar-refractivity contribution in [2.24, 2.45) is 0 Å². The summed E-state index contributed by atoms with van der Waals surface area (Å²) in [6.45, 7) is 7.77. The third kappa shape index (κ3) is 6.92. The molecule has 0 N–H and O–H groups in total. The van der Waals surface area contributed by atoms with Gasteiger partial charge < -0.3 is 9.47 Å².